The first-order valence-corrected chi connectivity index (χ1v) is 5.17. The van der Waals surface area contributed by atoms with Crippen LogP contribution in [0.2, 0.25) is 0 Å². The Labute approximate surface area is 96.9 Å². The number of nitrogens with one attached hydrogen (secondary N) is 1. The summed E-state index contributed by atoms with van der Waals surface area (Å²) in [5, 5.41) is 0.888. The molecular formula is C12H10N4O. The van der Waals surface area contributed by atoms with Crippen LogP contribution in [0, 0.1) is 0 Å². The second-order valence-corrected chi connectivity index (χ2v) is 3.72. The maximum Gasteiger partial charge on any atom is 0.324 e. The minimum atomic E-state index is -0.531. The lowest BCUT2D eigenvalue weighted by atomic mass is 10.2. The maximum absolute atomic E-state index is 11.2. The first kappa shape index (κ1) is 9.65. The van der Waals surface area contributed by atoms with Gasteiger partial charge < -0.3 is 10.7 Å². The van der Waals surface area contributed by atoms with Gasteiger partial charge in [-0.25, -0.2) is 9.78 Å². The van der Waals surface area contributed by atoms with Gasteiger partial charge in [-0.05, 0) is 30.3 Å². The van der Waals surface area contributed by atoms with E-state index in [1.165, 1.54) is 4.57 Å². The Hall–Kier alpha value is -2.56. The second-order valence-electron chi connectivity index (χ2n) is 3.72. The summed E-state index contributed by atoms with van der Waals surface area (Å²) in [6, 6.07) is 8.92. The third-order valence-electron chi connectivity index (χ3n) is 2.65. The molecule has 0 saturated carbocycles. The van der Waals surface area contributed by atoms with Crippen molar-refractivity contribution in [1.82, 2.24) is 14.5 Å². The zero-order valence-corrected chi connectivity index (χ0v) is 8.92. The Bertz CT molecular complexity index is 682. The van der Waals surface area contributed by atoms with Crippen LogP contribution in [0.4, 0.5) is 4.79 Å². The highest BCUT2D eigenvalue weighted by Gasteiger charge is 2.08. The fourth-order valence-electron chi connectivity index (χ4n) is 1.83. The number of hydrogen-bond donors (Lipinski definition) is 2. The first-order valence-electron chi connectivity index (χ1n) is 5.17. The van der Waals surface area contributed by atoms with Gasteiger partial charge in [0, 0.05) is 17.8 Å². The Morgan fingerprint density at radius 3 is 2.88 bits per heavy atom. The average Bonchev–Trinajstić information content (AvgIpc) is 2.97. The van der Waals surface area contributed by atoms with Gasteiger partial charge in [0.25, 0.3) is 0 Å². The van der Waals surface area contributed by atoms with Crippen molar-refractivity contribution in [3.8, 4) is 11.4 Å². The van der Waals surface area contributed by atoms with E-state index in [9.17, 15) is 4.79 Å². The molecule has 0 spiro atoms. The summed E-state index contributed by atoms with van der Waals surface area (Å²) in [5.74, 6) is 0. The van der Waals surface area contributed by atoms with Crippen LogP contribution in [-0.4, -0.2) is 20.6 Å². The summed E-state index contributed by atoms with van der Waals surface area (Å²) in [6.45, 7) is 0. The topological polar surface area (TPSA) is 76.7 Å². The summed E-state index contributed by atoms with van der Waals surface area (Å²) in [6.07, 6.45) is 3.45. The summed E-state index contributed by atoms with van der Waals surface area (Å²) in [7, 11) is 0. The zero-order valence-electron chi connectivity index (χ0n) is 8.92. The summed E-state index contributed by atoms with van der Waals surface area (Å²) in [4.78, 5) is 18.7. The van der Waals surface area contributed by atoms with E-state index in [4.69, 9.17) is 5.73 Å². The Morgan fingerprint density at radius 2 is 2.18 bits per heavy atom. The molecule has 5 heteroatoms. The van der Waals surface area contributed by atoms with Gasteiger partial charge in [-0.2, -0.15) is 0 Å². The highest BCUT2D eigenvalue weighted by Crippen LogP contribution is 2.20. The normalized spacial score (nSPS) is 10.8. The van der Waals surface area contributed by atoms with E-state index in [1.807, 2.05) is 36.5 Å². The number of amides is 1. The van der Waals surface area contributed by atoms with Gasteiger partial charge in [0.05, 0.1) is 11.4 Å². The predicted octanol–water partition coefficient (Wildman–Crippen LogP) is 1.96. The van der Waals surface area contributed by atoms with E-state index in [0.717, 1.165) is 16.8 Å². The van der Waals surface area contributed by atoms with Gasteiger partial charge in [-0.3, -0.25) is 4.57 Å². The Kier molecular flexibility index (Phi) is 1.98. The molecule has 3 aromatic rings. The van der Waals surface area contributed by atoms with Crippen LogP contribution >= 0.6 is 0 Å². The highest BCUT2D eigenvalue weighted by molar-refractivity contribution is 5.89. The van der Waals surface area contributed by atoms with Crippen LogP contribution in [0.25, 0.3) is 22.4 Å². The smallest absolute Gasteiger partial charge is 0.324 e. The SMILES string of the molecule is NC(=O)n1ccc2ccc(-c3ccc[nH]3)nc21. The Balaban J connectivity index is 2.24. The van der Waals surface area contributed by atoms with Crippen molar-refractivity contribution >= 4 is 17.1 Å². The molecular weight excluding hydrogens is 216 g/mol. The number of hydrogen-bond acceptors (Lipinski definition) is 2. The van der Waals surface area contributed by atoms with Gasteiger partial charge in [-0.15, -0.1) is 0 Å². The van der Waals surface area contributed by atoms with E-state index >= 15 is 0 Å². The van der Waals surface area contributed by atoms with Crippen LogP contribution < -0.4 is 5.73 Å². The molecule has 3 heterocycles. The Morgan fingerprint density at radius 1 is 1.29 bits per heavy atom. The van der Waals surface area contributed by atoms with Crippen molar-refractivity contribution in [1.29, 1.82) is 0 Å². The molecule has 0 aliphatic rings. The molecule has 0 bridgehead atoms. The molecule has 3 aromatic heterocycles. The predicted molar refractivity (Wildman–Crippen MR) is 64.5 cm³/mol. The highest BCUT2D eigenvalue weighted by atomic mass is 16.2. The zero-order chi connectivity index (χ0) is 11.8. The van der Waals surface area contributed by atoms with Crippen LogP contribution in [-0.2, 0) is 0 Å². The molecule has 3 N–H and O–H groups in total. The van der Waals surface area contributed by atoms with Gasteiger partial charge in [-0.1, -0.05) is 0 Å². The molecule has 5 nitrogen and oxygen atoms in total. The molecule has 17 heavy (non-hydrogen) atoms. The number of fused-ring (bicyclic) bond motifs is 1. The minimum absolute atomic E-state index is 0.531. The summed E-state index contributed by atoms with van der Waals surface area (Å²) in [5.41, 5.74) is 7.53. The van der Waals surface area contributed by atoms with Crippen molar-refractivity contribution in [3.05, 3.63) is 42.7 Å². The molecule has 0 unspecified atom stereocenters. The lowest BCUT2D eigenvalue weighted by Gasteiger charge is -2.01. The number of H-pyrrole nitrogens is 1. The molecule has 3 rings (SSSR count). The molecule has 84 valence electrons. The fourth-order valence-corrected chi connectivity index (χ4v) is 1.83. The van der Waals surface area contributed by atoms with Crippen molar-refractivity contribution in [3.63, 3.8) is 0 Å². The molecule has 0 aliphatic heterocycles. The third kappa shape index (κ3) is 1.48. The summed E-state index contributed by atoms with van der Waals surface area (Å²) >= 11 is 0. The largest absolute Gasteiger partial charge is 0.360 e. The van der Waals surface area contributed by atoms with E-state index in [0.29, 0.717) is 5.65 Å². The van der Waals surface area contributed by atoms with E-state index in [-0.39, 0.29) is 0 Å². The number of aromatic amines is 1. The van der Waals surface area contributed by atoms with Gasteiger partial charge in [0.2, 0.25) is 0 Å². The molecule has 0 aliphatic carbocycles. The lowest BCUT2D eigenvalue weighted by molar-refractivity contribution is 0.251. The lowest BCUT2D eigenvalue weighted by Crippen LogP contribution is -2.18. The van der Waals surface area contributed by atoms with Gasteiger partial charge in [0.1, 0.15) is 5.65 Å². The number of nitrogens with zero attached hydrogens (tertiary/aromatic N) is 2. The van der Waals surface area contributed by atoms with E-state index in [1.54, 1.807) is 6.20 Å². The quantitative estimate of drug-likeness (QED) is 0.665. The van der Waals surface area contributed by atoms with Crippen LogP contribution in [0.3, 0.4) is 0 Å². The van der Waals surface area contributed by atoms with E-state index < -0.39 is 6.03 Å². The number of carbonyl (C=O) groups is 1. The number of primary amides is 1. The average molecular weight is 226 g/mol. The standard InChI is InChI=1S/C12H10N4O/c13-12(17)16-7-5-8-3-4-10(15-11(8)16)9-2-1-6-14-9/h1-7,14H,(H2,13,17). The summed E-state index contributed by atoms with van der Waals surface area (Å²) < 4.78 is 1.34. The monoisotopic (exact) mass is 226 g/mol. The third-order valence-corrected chi connectivity index (χ3v) is 2.65. The van der Waals surface area contributed by atoms with Gasteiger partial charge >= 0.3 is 6.03 Å². The van der Waals surface area contributed by atoms with Crippen LogP contribution in [0.1, 0.15) is 0 Å². The minimum Gasteiger partial charge on any atom is -0.360 e. The molecule has 0 aromatic carbocycles. The van der Waals surface area contributed by atoms with Crippen molar-refractivity contribution in [2.75, 3.05) is 0 Å². The molecule has 0 fully saturated rings. The molecule has 1 amide bonds. The molecule has 0 radical (unpaired) electrons. The second kappa shape index (κ2) is 3.48. The van der Waals surface area contributed by atoms with Crippen molar-refractivity contribution in [2.45, 2.75) is 0 Å². The van der Waals surface area contributed by atoms with Crippen molar-refractivity contribution in [2.24, 2.45) is 5.73 Å². The van der Waals surface area contributed by atoms with E-state index in [2.05, 4.69) is 9.97 Å². The number of pyridine rings is 1. The molecule has 0 saturated heterocycles. The fraction of sp³-hybridized carbons (Fsp3) is 0. The number of rotatable bonds is 1. The maximum atomic E-state index is 11.2. The molecule has 0 atom stereocenters. The number of nitrogens with two attached hydrogens (primary N) is 1. The van der Waals surface area contributed by atoms with Crippen molar-refractivity contribution < 1.29 is 4.79 Å². The number of aromatic nitrogens is 3. The van der Waals surface area contributed by atoms with Crippen LogP contribution in [0.15, 0.2) is 42.7 Å². The number of carbonyl (C=O) groups excluding carboxylic acids is 1. The van der Waals surface area contributed by atoms with Crippen LogP contribution in [0.5, 0.6) is 0 Å². The first-order chi connectivity index (χ1) is 8.25. The van der Waals surface area contributed by atoms with Gasteiger partial charge in [0.15, 0.2) is 0 Å².